The summed E-state index contributed by atoms with van der Waals surface area (Å²) in [5, 5.41) is 21.9. The average Bonchev–Trinajstić information content (AvgIpc) is 3.54. The molecule has 2 heterocycles. The van der Waals surface area contributed by atoms with Crippen molar-refractivity contribution in [1.29, 1.82) is 0 Å². The highest BCUT2D eigenvalue weighted by molar-refractivity contribution is 5.94. The number of aromatic hydroxyl groups is 1. The lowest BCUT2D eigenvalue weighted by atomic mass is 10.0. The Morgan fingerprint density at radius 2 is 1.64 bits per heavy atom. The molecule has 0 radical (unpaired) electrons. The van der Waals surface area contributed by atoms with Crippen LogP contribution < -0.4 is 16.8 Å². The van der Waals surface area contributed by atoms with E-state index in [-0.39, 0.29) is 18.1 Å². The average molecular weight is 504 g/mol. The van der Waals surface area contributed by atoms with Crippen molar-refractivity contribution >= 4 is 23.7 Å². The molecule has 2 saturated heterocycles. The topological polar surface area (TPSA) is 179 Å². The highest BCUT2D eigenvalue weighted by atomic mass is 16.4. The third-order valence-electron chi connectivity index (χ3n) is 6.94. The molecule has 2 aliphatic heterocycles. The summed E-state index contributed by atoms with van der Waals surface area (Å²) < 4.78 is 0. The number of likely N-dealkylation sites (tertiary alicyclic amines) is 2. The van der Waals surface area contributed by atoms with Crippen molar-refractivity contribution in [2.75, 3.05) is 19.6 Å². The molecule has 1 aromatic carbocycles. The summed E-state index contributed by atoms with van der Waals surface area (Å²) in [4.78, 5) is 54.3. The van der Waals surface area contributed by atoms with E-state index in [4.69, 9.17) is 11.5 Å². The van der Waals surface area contributed by atoms with Crippen molar-refractivity contribution in [3.8, 4) is 5.75 Å². The van der Waals surface area contributed by atoms with Crippen LogP contribution in [0.2, 0.25) is 0 Å². The Labute approximate surface area is 210 Å². The number of carbonyl (C=O) groups excluding carboxylic acids is 3. The SMILES string of the molecule is NCCCCC(N)C(=O)NC(Cc1ccc(O)cc1)C(=O)N1CCCC1C(=O)N1CCCC1C(=O)O. The van der Waals surface area contributed by atoms with Crippen molar-refractivity contribution < 1.29 is 29.4 Å². The second kappa shape index (κ2) is 12.7. The van der Waals surface area contributed by atoms with Crippen LogP contribution in [0.15, 0.2) is 24.3 Å². The van der Waals surface area contributed by atoms with E-state index >= 15 is 0 Å². The Kier molecular flexibility index (Phi) is 9.65. The first kappa shape index (κ1) is 27.4. The number of amides is 3. The van der Waals surface area contributed by atoms with Gasteiger partial charge in [-0.1, -0.05) is 18.6 Å². The predicted octanol–water partition coefficient (Wildman–Crippen LogP) is -0.0576. The van der Waals surface area contributed by atoms with Gasteiger partial charge in [0.15, 0.2) is 0 Å². The fourth-order valence-electron chi connectivity index (χ4n) is 4.95. The van der Waals surface area contributed by atoms with Crippen LogP contribution in [0.4, 0.5) is 0 Å². The Balaban J connectivity index is 1.77. The van der Waals surface area contributed by atoms with Gasteiger partial charge in [0.05, 0.1) is 6.04 Å². The molecule has 11 nitrogen and oxygen atoms in total. The van der Waals surface area contributed by atoms with E-state index in [1.54, 1.807) is 12.1 Å². The minimum atomic E-state index is -1.04. The third-order valence-corrected chi connectivity index (χ3v) is 6.94. The molecular formula is C25H37N5O6. The number of hydrogen-bond acceptors (Lipinski definition) is 7. The van der Waals surface area contributed by atoms with Gasteiger partial charge in [0.1, 0.15) is 23.9 Å². The highest BCUT2D eigenvalue weighted by Crippen LogP contribution is 2.26. The van der Waals surface area contributed by atoms with Crippen molar-refractivity contribution in [2.24, 2.45) is 11.5 Å². The minimum Gasteiger partial charge on any atom is -0.508 e. The molecule has 7 N–H and O–H groups in total. The van der Waals surface area contributed by atoms with Crippen LogP contribution >= 0.6 is 0 Å². The molecule has 3 rings (SSSR count). The Bertz CT molecular complexity index is 939. The van der Waals surface area contributed by atoms with Gasteiger partial charge in [-0.2, -0.15) is 0 Å². The van der Waals surface area contributed by atoms with Gasteiger partial charge in [-0.3, -0.25) is 14.4 Å². The number of benzene rings is 1. The fourth-order valence-corrected chi connectivity index (χ4v) is 4.95. The van der Waals surface area contributed by atoms with Crippen LogP contribution in [0.5, 0.6) is 5.75 Å². The largest absolute Gasteiger partial charge is 0.508 e. The second-order valence-corrected chi connectivity index (χ2v) is 9.54. The lowest BCUT2D eigenvalue weighted by molar-refractivity contribution is -0.152. The number of carboxylic acid groups (broad SMARTS) is 1. The molecule has 2 aliphatic rings. The van der Waals surface area contributed by atoms with E-state index in [0.29, 0.717) is 58.2 Å². The molecule has 0 saturated carbocycles. The zero-order valence-electron chi connectivity index (χ0n) is 20.5. The number of phenolic OH excluding ortho intramolecular Hbond substituents is 1. The van der Waals surface area contributed by atoms with E-state index in [1.165, 1.54) is 21.9 Å². The molecular weight excluding hydrogens is 466 g/mol. The van der Waals surface area contributed by atoms with Crippen molar-refractivity contribution in [1.82, 2.24) is 15.1 Å². The Morgan fingerprint density at radius 3 is 2.28 bits per heavy atom. The molecule has 0 aliphatic carbocycles. The minimum absolute atomic E-state index is 0.0800. The maximum absolute atomic E-state index is 13.7. The molecule has 3 amide bonds. The number of nitrogens with zero attached hydrogens (tertiary/aromatic N) is 2. The summed E-state index contributed by atoms with van der Waals surface area (Å²) in [5.74, 6) is -2.20. The second-order valence-electron chi connectivity index (χ2n) is 9.54. The summed E-state index contributed by atoms with van der Waals surface area (Å²) in [6.45, 7) is 1.19. The molecule has 4 atom stereocenters. The molecule has 2 fully saturated rings. The van der Waals surface area contributed by atoms with Crippen molar-refractivity contribution in [3.63, 3.8) is 0 Å². The predicted molar refractivity (Wildman–Crippen MR) is 132 cm³/mol. The number of carboxylic acids is 1. The van der Waals surface area contributed by atoms with Gasteiger partial charge >= 0.3 is 5.97 Å². The zero-order chi connectivity index (χ0) is 26.2. The lowest BCUT2D eigenvalue weighted by Crippen LogP contribution is -2.57. The number of aliphatic carboxylic acids is 1. The molecule has 11 heteroatoms. The van der Waals surface area contributed by atoms with Crippen LogP contribution in [0.3, 0.4) is 0 Å². The van der Waals surface area contributed by atoms with Gasteiger partial charge in [-0.05, 0) is 62.8 Å². The van der Waals surface area contributed by atoms with Crippen LogP contribution in [0, 0.1) is 0 Å². The molecule has 0 spiro atoms. The van der Waals surface area contributed by atoms with Crippen LogP contribution in [0.25, 0.3) is 0 Å². The number of unbranched alkanes of at least 4 members (excludes halogenated alkanes) is 1. The summed E-state index contributed by atoms with van der Waals surface area (Å²) in [5.41, 5.74) is 12.3. The number of nitrogens with one attached hydrogen (secondary N) is 1. The zero-order valence-corrected chi connectivity index (χ0v) is 20.5. The van der Waals surface area contributed by atoms with Gasteiger partial charge in [-0.25, -0.2) is 4.79 Å². The molecule has 4 unspecified atom stereocenters. The van der Waals surface area contributed by atoms with Gasteiger partial charge in [0.2, 0.25) is 17.7 Å². The van der Waals surface area contributed by atoms with Gasteiger partial charge in [0.25, 0.3) is 0 Å². The fraction of sp³-hybridized carbons (Fsp3) is 0.600. The molecule has 0 bridgehead atoms. The standard InChI is InChI=1S/C25H37N5O6/c26-12-2-1-5-18(27)22(32)28-19(15-16-8-10-17(31)11-9-16)23(33)29-13-3-6-20(29)24(34)30-14-4-7-21(30)25(35)36/h8-11,18-21,31H,1-7,12-15,26-27H2,(H,28,32)(H,35,36). The number of hydrogen-bond donors (Lipinski definition) is 5. The molecule has 0 aromatic heterocycles. The van der Waals surface area contributed by atoms with E-state index in [9.17, 15) is 29.4 Å². The Hall–Kier alpha value is -3.18. The number of carbonyl (C=O) groups is 4. The first-order chi connectivity index (χ1) is 17.2. The van der Waals surface area contributed by atoms with Crippen molar-refractivity contribution in [2.45, 2.75) is 75.5 Å². The summed E-state index contributed by atoms with van der Waals surface area (Å²) >= 11 is 0. The monoisotopic (exact) mass is 503 g/mol. The maximum atomic E-state index is 13.7. The number of nitrogens with two attached hydrogens (primary N) is 2. The quantitative estimate of drug-likeness (QED) is 0.261. The van der Waals surface area contributed by atoms with Gasteiger partial charge in [-0.15, -0.1) is 0 Å². The first-order valence-corrected chi connectivity index (χ1v) is 12.6. The van der Waals surface area contributed by atoms with Crippen molar-refractivity contribution in [3.05, 3.63) is 29.8 Å². The van der Waals surface area contributed by atoms with E-state index in [0.717, 1.165) is 12.0 Å². The van der Waals surface area contributed by atoms with Gasteiger partial charge in [0, 0.05) is 19.5 Å². The molecule has 36 heavy (non-hydrogen) atoms. The van der Waals surface area contributed by atoms with E-state index in [2.05, 4.69) is 5.32 Å². The number of rotatable bonds is 11. The summed E-state index contributed by atoms with van der Waals surface area (Å²) in [6, 6.07) is 2.91. The van der Waals surface area contributed by atoms with Crippen LogP contribution in [-0.4, -0.2) is 87.5 Å². The lowest BCUT2D eigenvalue weighted by Gasteiger charge is -2.32. The van der Waals surface area contributed by atoms with Crippen LogP contribution in [-0.2, 0) is 25.6 Å². The van der Waals surface area contributed by atoms with E-state index in [1.807, 2.05) is 0 Å². The maximum Gasteiger partial charge on any atom is 0.326 e. The Morgan fingerprint density at radius 1 is 1.00 bits per heavy atom. The third kappa shape index (κ3) is 6.73. The first-order valence-electron chi connectivity index (χ1n) is 12.6. The van der Waals surface area contributed by atoms with Crippen LogP contribution in [0.1, 0.15) is 50.5 Å². The molecule has 198 valence electrons. The normalized spacial score (nSPS) is 21.3. The number of phenols is 1. The summed E-state index contributed by atoms with van der Waals surface area (Å²) in [6.07, 6.45) is 4.04. The smallest absolute Gasteiger partial charge is 0.326 e. The van der Waals surface area contributed by atoms with E-state index < -0.39 is 42.0 Å². The summed E-state index contributed by atoms with van der Waals surface area (Å²) in [7, 11) is 0. The molecule has 1 aromatic rings. The highest BCUT2D eigenvalue weighted by Gasteiger charge is 2.43. The van der Waals surface area contributed by atoms with Gasteiger partial charge < -0.3 is 36.8 Å².